The first kappa shape index (κ1) is 19.5. The summed E-state index contributed by atoms with van der Waals surface area (Å²) in [5.41, 5.74) is 2.15. The predicted octanol–water partition coefficient (Wildman–Crippen LogP) is 4.11. The highest BCUT2D eigenvalue weighted by Gasteiger charge is 2.40. The normalized spacial score (nSPS) is 18.8. The predicted molar refractivity (Wildman–Crippen MR) is 108 cm³/mol. The number of carbonyl (C=O) groups is 1. The fourth-order valence-corrected chi connectivity index (χ4v) is 4.18. The Balaban J connectivity index is 2.03. The minimum Gasteiger partial charge on any atom is -0.494 e. The molecule has 0 unspecified atom stereocenters. The van der Waals surface area contributed by atoms with Crippen molar-refractivity contribution in [3.8, 4) is 17.9 Å². The molecule has 0 radical (unpaired) electrons. The van der Waals surface area contributed by atoms with E-state index in [-0.39, 0.29) is 0 Å². The molecule has 6 heteroatoms. The highest BCUT2D eigenvalue weighted by molar-refractivity contribution is 8.02. The van der Waals surface area contributed by atoms with Crippen LogP contribution in [0.4, 0.5) is 0 Å². The van der Waals surface area contributed by atoms with Crippen molar-refractivity contribution in [1.29, 1.82) is 10.5 Å². The number of nitrogens with zero attached hydrogens (tertiary/aromatic N) is 2. The molecule has 0 saturated carbocycles. The monoisotopic (exact) mass is 389 g/mol. The number of para-hydroxylation sites is 1. The molecule has 1 heterocycles. The van der Waals surface area contributed by atoms with E-state index in [2.05, 4.69) is 17.5 Å². The van der Waals surface area contributed by atoms with Gasteiger partial charge in [0.25, 0.3) is 0 Å². The topological polar surface area (TPSA) is 85.9 Å². The van der Waals surface area contributed by atoms with E-state index >= 15 is 0 Å². The van der Waals surface area contributed by atoms with Crippen molar-refractivity contribution < 1.29 is 9.53 Å². The van der Waals surface area contributed by atoms with Crippen LogP contribution < -0.4 is 10.1 Å². The molecule has 1 aliphatic rings. The van der Waals surface area contributed by atoms with Gasteiger partial charge in [0, 0.05) is 11.3 Å². The van der Waals surface area contributed by atoms with Gasteiger partial charge in [-0.1, -0.05) is 48.5 Å². The number of allylic oxidation sites excluding steroid dienone is 1. The summed E-state index contributed by atoms with van der Waals surface area (Å²) >= 11 is 1.39. The van der Waals surface area contributed by atoms with Crippen LogP contribution in [-0.4, -0.2) is 12.5 Å². The molecule has 0 aromatic heterocycles. The number of nitriles is 2. The Bertz CT molecular complexity index is 973. The van der Waals surface area contributed by atoms with Crippen LogP contribution in [0.5, 0.6) is 5.75 Å². The summed E-state index contributed by atoms with van der Waals surface area (Å²) in [6.07, 6.45) is 0. The van der Waals surface area contributed by atoms with Crippen molar-refractivity contribution in [2.24, 2.45) is 5.92 Å². The van der Waals surface area contributed by atoms with Crippen LogP contribution in [0, 0.1) is 28.6 Å². The maximum Gasteiger partial charge on any atom is 0.243 e. The number of hydrogen-bond donors (Lipinski definition) is 1. The zero-order valence-corrected chi connectivity index (χ0v) is 16.2. The van der Waals surface area contributed by atoms with Gasteiger partial charge >= 0.3 is 0 Å². The zero-order chi connectivity index (χ0) is 19.9. The number of hydrogen-bond acceptors (Lipinski definition) is 5. The smallest absolute Gasteiger partial charge is 0.243 e. The summed E-state index contributed by atoms with van der Waals surface area (Å²) in [6.45, 7) is 2.32. The Morgan fingerprint density at radius 1 is 1.11 bits per heavy atom. The van der Waals surface area contributed by atoms with Crippen LogP contribution in [0.1, 0.15) is 24.0 Å². The molecule has 1 amide bonds. The first-order valence-corrected chi connectivity index (χ1v) is 9.91. The Labute approximate surface area is 168 Å². The van der Waals surface area contributed by atoms with E-state index < -0.39 is 17.7 Å². The average Bonchev–Trinajstić information content (AvgIpc) is 2.73. The average molecular weight is 389 g/mol. The Hall–Kier alpha value is -3.22. The highest BCUT2D eigenvalue weighted by atomic mass is 32.2. The highest BCUT2D eigenvalue weighted by Crippen LogP contribution is 2.43. The second kappa shape index (κ2) is 9.12. The van der Waals surface area contributed by atoms with Gasteiger partial charge in [-0.05, 0) is 18.6 Å². The Kier molecular flexibility index (Phi) is 6.37. The standard InChI is InChI=1S/C22H19N3O2S/c1-2-27-19-11-7-6-10-16(19)20-17(12-23)21(26)25-22(18(20)13-24)28-14-15-8-4-3-5-9-15/h3-11,17,20H,2,14H2,1H3,(H,25,26)/t17-,20+/m0/s1. The summed E-state index contributed by atoms with van der Waals surface area (Å²) in [5, 5.41) is 22.8. The van der Waals surface area contributed by atoms with Gasteiger partial charge in [0.1, 0.15) is 11.7 Å². The number of benzene rings is 2. The lowest BCUT2D eigenvalue weighted by molar-refractivity contribution is -0.123. The minimum atomic E-state index is -0.989. The largest absolute Gasteiger partial charge is 0.494 e. The second-order valence-electron chi connectivity index (χ2n) is 6.17. The van der Waals surface area contributed by atoms with Gasteiger partial charge < -0.3 is 10.1 Å². The number of carbonyl (C=O) groups excluding carboxylic acids is 1. The first-order valence-electron chi connectivity index (χ1n) is 8.92. The fourth-order valence-electron chi connectivity index (χ4n) is 3.17. The van der Waals surface area contributed by atoms with E-state index in [1.807, 2.05) is 55.5 Å². The quantitative estimate of drug-likeness (QED) is 0.804. The summed E-state index contributed by atoms with van der Waals surface area (Å²) in [4.78, 5) is 12.6. The number of amides is 1. The van der Waals surface area contributed by atoms with E-state index in [4.69, 9.17) is 4.74 Å². The number of rotatable bonds is 6. The van der Waals surface area contributed by atoms with E-state index in [9.17, 15) is 15.3 Å². The van der Waals surface area contributed by atoms with E-state index in [1.165, 1.54) is 11.8 Å². The van der Waals surface area contributed by atoms with Crippen LogP contribution in [0.2, 0.25) is 0 Å². The number of thioether (sulfide) groups is 1. The van der Waals surface area contributed by atoms with Crippen LogP contribution in [-0.2, 0) is 10.5 Å². The number of nitrogens with one attached hydrogen (secondary N) is 1. The van der Waals surface area contributed by atoms with Crippen LogP contribution >= 0.6 is 11.8 Å². The minimum absolute atomic E-state index is 0.388. The molecule has 140 valence electrons. The van der Waals surface area contributed by atoms with Gasteiger partial charge in [0.05, 0.1) is 35.3 Å². The molecular formula is C22H19N3O2S. The van der Waals surface area contributed by atoms with Gasteiger partial charge in [0.2, 0.25) is 5.91 Å². The molecule has 1 N–H and O–H groups in total. The molecule has 2 atom stereocenters. The van der Waals surface area contributed by atoms with E-state index in [1.54, 1.807) is 6.07 Å². The van der Waals surface area contributed by atoms with Crippen molar-refractivity contribution in [3.63, 3.8) is 0 Å². The van der Waals surface area contributed by atoms with Crippen molar-refractivity contribution >= 4 is 17.7 Å². The Morgan fingerprint density at radius 2 is 1.82 bits per heavy atom. The van der Waals surface area contributed by atoms with Crippen LogP contribution in [0.25, 0.3) is 0 Å². The molecule has 0 saturated heterocycles. The maximum atomic E-state index is 12.6. The summed E-state index contributed by atoms with van der Waals surface area (Å²) < 4.78 is 5.70. The fraction of sp³-hybridized carbons (Fsp3) is 0.227. The van der Waals surface area contributed by atoms with Crippen molar-refractivity contribution in [1.82, 2.24) is 5.32 Å². The number of ether oxygens (including phenoxy) is 1. The molecular weight excluding hydrogens is 370 g/mol. The third-order valence-electron chi connectivity index (χ3n) is 4.45. The first-order chi connectivity index (χ1) is 13.7. The molecule has 0 aliphatic carbocycles. The van der Waals surface area contributed by atoms with Crippen molar-refractivity contribution in [3.05, 3.63) is 76.3 Å². The molecule has 0 fully saturated rings. The molecule has 5 nitrogen and oxygen atoms in total. The van der Waals surface area contributed by atoms with Crippen molar-refractivity contribution in [2.45, 2.75) is 18.6 Å². The van der Waals surface area contributed by atoms with E-state index in [0.29, 0.717) is 34.3 Å². The lowest BCUT2D eigenvalue weighted by atomic mass is 9.79. The van der Waals surface area contributed by atoms with Gasteiger partial charge in [-0.25, -0.2) is 0 Å². The molecule has 1 aliphatic heterocycles. The van der Waals surface area contributed by atoms with Gasteiger partial charge in [-0.15, -0.1) is 11.8 Å². The zero-order valence-electron chi connectivity index (χ0n) is 15.4. The van der Waals surface area contributed by atoms with Gasteiger partial charge in [-0.2, -0.15) is 10.5 Å². The third-order valence-corrected chi connectivity index (χ3v) is 5.54. The molecule has 0 spiro atoms. The van der Waals surface area contributed by atoms with Crippen molar-refractivity contribution in [2.75, 3.05) is 6.61 Å². The van der Waals surface area contributed by atoms with Crippen LogP contribution in [0.3, 0.4) is 0 Å². The SMILES string of the molecule is CCOc1ccccc1[C@H]1C(C#N)=C(SCc2ccccc2)NC(=O)[C@H]1C#N. The second-order valence-corrected chi connectivity index (χ2v) is 7.16. The molecule has 2 aromatic rings. The Morgan fingerprint density at radius 3 is 2.50 bits per heavy atom. The lowest BCUT2D eigenvalue weighted by Gasteiger charge is -2.29. The van der Waals surface area contributed by atoms with Gasteiger partial charge in [0.15, 0.2) is 0 Å². The third kappa shape index (κ3) is 4.03. The lowest BCUT2D eigenvalue weighted by Crippen LogP contribution is -2.39. The molecule has 2 aromatic carbocycles. The van der Waals surface area contributed by atoms with Crippen LogP contribution in [0.15, 0.2) is 65.2 Å². The summed E-state index contributed by atoms with van der Waals surface area (Å²) in [5.74, 6) is -0.848. The maximum absolute atomic E-state index is 12.6. The molecule has 28 heavy (non-hydrogen) atoms. The molecule has 3 rings (SSSR count). The van der Waals surface area contributed by atoms with Gasteiger partial charge in [-0.3, -0.25) is 4.79 Å². The summed E-state index contributed by atoms with van der Waals surface area (Å²) in [7, 11) is 0. The molecule has 0 bridgehead atoms. The van der Waals surface area contributed by atoms with E-state index in [0.717, 1.165) is 5.56 Å². The summed E-state index contributed by atoms with van der Waals surface area (Å²) in [6, 6.07) is 21.4.